The molecule has 6 nitrogen and oxygen atoms in total. The van der Waals surface area contributed by atoms with Gasteiger partial charge in [0.1, 0.15) is 11.5 Å². The zero-order valence-electron chi connectivity index (χ0n) is 14.4. The van der Waals surface area contributed by atoms with Gasteiger partial charge in [-0.1, -0.05) is 11.6 Å². The van der Waals surface area contributed by atoms with Crippen LogP contribution in [-0.4, -0.2) is 21.4 Å². The highest BCUT2D eigenvalue weighted by Gasteiger charge is 2.30. The van der Waals surface area contributed by atoms with Crippen molar-refractivity contribution in [3.8, 4) is 23.1 Å². The van der Waals surface area contributed by atoms with Crippen molar-refractivity contribution < 1.29 is 22.6 Å². The van der Waals surface area contributed by atoms with E-state index < -0.39 is 17.3 Å². The van der Waals surface area contributed by atoms with E-state index in [-0.39, 0.29) is 16.6 Å². The van der Waals surface area contributed by atoms with E-state index in [4.69, 9.17) is 21.1 Å². The fourth-order valence-corrected chi connectivity index (χ4v) is 2.40. The molecule has 0 saturated heterocycles. The number of hydrogen-bond acceptors (Lipinski definition) is 5. The average molecular weight is 412 g/mol. The summed E-state index contributed by atoms with van der Waals surface area (Å²) in [5.41, 5.74) is -1.72. The van der Waals surface area contributed by atoms with Crippen molar-refractivity contribution in [1.29, 1.82) is 0 Å². The molecule has 0 saturated carbocycles. The number of halogens is 4. The molecule has 0 fully saturated rings. The van der Waals surface area contributed by atoms with E-state index in [9.17, 15) is 18.0 Å². The van der Waals surface area contributed by atoms with Gasteiger partial charge < -0.3 is 9.47 Å². The summed E-state index contributed by atoms with van der Waals surface area (Å²) in [4.78, 5) is 16.0. The van der Waals surface area contributed by atoms with Crippen LogP contribution in [-0.2, 0) is 6.18 Å². The topological polar surface area (TPSA) is 66.2 Å². The normalized spacial score (nSPS) is 11.3. The monoisotopic (exact) mass is 411 g/mol. The van der Waals surface area contributed by atoms with Gasteiger partial charge in [0.2, 0.25) is 0 Å². The molecule has 2 aromatic heterocycles. The van der Waals surface area contributed by atoms with Gasteiger partial charge >= 0.3 is 6.18 Å². The van der Waals surface area contributed by atoms with Crippen LogP contribution in [0.5, 0.6) is 17.2 Å². The standard InChI is InChI=1S/C18H13ClF3N3O3/c1-2-27-12-4-6-13(7-5-12)28-14-10-24-25(17(26)16(14)19)15-8-3-11(9-23-15)18(20,21)22/h3-10H,2H2,1H3. The van der Waals surface area contributed by atoms with E-state index in [1.807, 2.05) is 6.92 Å². The lowest BCUT2D eigenvalue weighted by molar-refractivity contribution is -0.137. The summed E-state index contributed by atoms with van der Waals surface area (Å²) in [7, 11) is 0. The highest BCUT2D eigenvalue weighted by Crippen LogP contribution is 2.29. The SMILES string of the molecule is CCOc1ccc(Oc2cnn(-c3ccc(C(F)(F)F)cn3)c(=O)c2Cl)cc1. The van der Waals surface area contributed by atoms with Gasteiger partial charge in [-0.25, -0.2) is 4.98 Å². The van der Waals surface area contributed by atoms with Crippen molar-refractivity contribution >= 4 is 11.6 Å². The number of benzene rings is 1. The third kappa shape index (κ3) is 4.25. The molecule has 0 aliphatic carbocycles. The molecule has 0 bridgehead atoms. The highest BCUT2D eigenvalue weighted by molar-refractivity contribution is 6.31. The number of pyridine rings is 1. The molecule has 10 heteroatoms. The highest BCUT2D eigenvalue weighted by atomic mass is 35.5. The third-order valence-corrected chi connectivity index (χ3v) is 3.89. The molecule has 1 aromatic carbocycles. The molecule has 0 N–H and O–H groups in total. The maximum Gasteiger partial charge on any atom is 0.417 e. The van der Waals surface area contributed by atoms with Crippen molar-refractivity contribution in [2.24, 2.45) is 0 Å². The molecular weight excluding hydrogens is 399 g/mol. The lowest BCUT2D eigenvalue weighted by Gasteiger charge is -2.11. The lowest BCUT2D eigenvalue weighted by Crippen LogP contribution is -2.22. The van der Waals surface area contributed by atoms with Gasteiger partial charge in [0, 0.05) is 6.20 Å². The molecule has 3 rings (SSSR count). The van der Waals surface area contributed by atoms with Crippen LogP contribution in [0.25, 0.3) is 5.82 Å². The number of hydrogen-bond donors (Lipinski definition) is 0. The predicted molar refractivity (Wildman–Crippen MR) is 95.3 cm³/mol. The van der Waals surface area contributed by atoms with Crippen molar-refractivity contribution in [2.45, 2.75) is 13.1 Å². The van der Waals surface area contributed by atoms with Crippen LogP contribution in [0.1, 0.15) is 12.5 Å². The van der Waals surface area contributed by atoms with E-state index in [1.54, 1.807) is 24.3 Å². The van der Waals surface area contributed by atoms with Crippen LogP contribution in [0, 0.1) is 0 Å². The summed E-state index contributed by atoms with van der Waals surface area (Å²) in [6.45, 7) is 2.38. The number of nitrogens with zero attached hydrogens (tertiary/aromatic N) is 3. The van der Waals surface area contributed by atoms with Crippen molar-refractivity contribution in [2.75, 3.05) is 6.61 Å². The minimum Gasteiger partial charge on any atom is -0.494 e. The van der Waals surface area contributed by atoms with Gasteiger partial charge in [-0.3, -0.25) is 4.79 Å². The number of alkyl halides is 3. The summed E-state index contributed by atoms with van der Waals surface area (Å²) in [6, 6.07) is 8.46. The predicted octanol–water partition coefficient (Wildman–Crippen LogP) is 4.49. The molecule has 0 aliphatic heterocycles. The van der Waals surface area contributed by atoms with Crippen molar-refractivity contribution in [3.05, 3.63) is 69.7 Å². The van der Waals surface area contributed by atoms with Crippen LogP contribution in [0.2, 0.25) is 5.02 Å². The summed E-state index contributed by atoms with van der Waals surface area (Å²) < 4.78 is 49.5. The number of aromatic nitrogens is 3. The molecule has 0 atom stereocenters. The zero-order chi connectivity index (χ0) is 20.3. The molecule has 0 unspecified atom stereocenters. The molecule has 2 heterocycles. The third-order valence-electron chi connectivity index (χ3n) is 3.54. The van der Waals surface area contributed by atoms with E-state index in [1.165, 1.54) is 6.20 Å². The first kappa shape index (κ1) is 19.7. The Balaban J connectivity index is 1.86. The average Bonchev–Trinajstić information content (AvgIpc) is 2.67. The zero-order valence-corrected chi connectivity index (χ0v) is 15.2. The molecule has 0 radical (unpaired) electrons. The molecule has 0 aliphatic rings. The lowest BCUT2D eigenvalue weighted by atomic mass is 10.3. The molecular formula is C18H13ClF3N3O3. The second-order valence-corrected chi connectivity index (χ2v) is 5.83. The molecule has 0 spiro atoms. The minimum absolute atomic E-state index is 0.000937. The van der Waals surface area contributed by atoms with Crippen LogP contribution < -0.4 is 15.0 Å². The molecule has 0 amide bonds. The Labute approximate surface area is 162 Å². The second kappa shape index (κ2) is 7.89. The Morgan fingerprint density at radius 3 is 2.32 bits per heavy atom. The van der Waals surface area contributed by atoms with Gasteiger partial charge in [-0.05, 0) is 43.3 Å². The Morgan fingerprint density at radius 2 is 1.75 bits per heavy atom. The van der Waals surface area contributed by atoms with Gasteiger partial charge in [0.15, 0.2) is 16.6 Å². The van der Waals surface area contributed by atoms with E-state index in [0.717, 1.165) is 16.8 Å². The Hall–Kier alpha value is -3.07. The quantitative estimate of drug-likeness (QED) is 0.619. The number of ether oxygens (including phenoxy) is 2. The Morgan fingerprint density at radius 1 is 1.07 bits per heavy atom. The van der Waals surface area contributed by atoms with Crippen LogP contribution >= 0.6 is 11.6 Å². The largest absolute Gasteiger partial charge is 0.494 e. The van der Waals surface area contributed by atoms with Crippen LogP contribution in [0.3, 0.4) is 0 Å². The summed E-state index contributed by atoms with van der Waals surface area (Å²) in [5.74, 6) is 0.950. The van der Waals surface area contributed by atoms with E-state index in [0.29, 0.717) is 24.3 Å². The van der Waals surface area contributed by atoms with E-state index >= 15 is 0 Å². The maximum absolute atomic E-state index is 12.6. The van der Waals surface area contributed by atoms with Gasteiger partial charge in [-0.15, -0.1) is 0 Å². The summed E-state index contributed by atoms with van der Waals surface area (Å²) >= 11 is 6.05. The summed E-state index contributed by atoms with van der Waals surface area (Å²) in [5, 5.41) is 3.58. The first-order chi connectivity index (χ1) is 13.3. The first-order valence-electron chi connectivity index (χ1n) is 8.01. The van der Waals surface area contributed by atoms with Gasteiger partial charge in [-0.2, -0.15) is 23.0 Å². The number of rotatable bonds is 5. The summed E-state index contributed by atoms with van der Waals surface area (Å²) in [6.07, 6.45) is -2.74. The van der Waals surface area contributed by atoms with Crippen LogP contribution in [0.4, 0.5) is 13.2 Å². The molecule has 28 heavy (non-hydrogen) atoms. The van der Waals surface area contributed by atoms with Gasteiger partial charge in [0.05, 0.1) is 18.4 Å². The maximum atomic E-state index is 12.6. The van der Waals surface area contributed by atoms with Crippen molar-refractivity contribution in [1.82, 2.24) is 14.8 Å². The first-order valence-corrected chi connectivity index (χ1v) is 8.39. The Kier molecular flexibility index (Phi) is 5.55. The van der Waals surface area contributed by atoms with E-state index in [2.05, 4.69) is 10.1 Å². The Bertz CT molecular complexity index is 1020. The second-order valence-electron chi connectivity index (χ2n) is 5.45. The molecule has 146 valence electrons. The fraction of sp³-hybridized carbons (Fsp3) is 0.167. The minimum atomic E-state index is -4.53. The smallest absolute Gasteiger partial charge is 0.417 e. The fourth-order valence-electron chi connectivity index (χ4n) is 2.23. The van der Waals surface area contributed by atoms with Gasteiger partial charge in [0.25, 0.3) is 5.56 Å². The van der Waals surface area contributed by atoms with Crippen LogP contribution in [0.15, 0.2) is 53.6 Å². The molecule has 3 aromatic rings. The van der Waals surface area contributed by atoms with Crippen molar-refractivity contribution in [3.63, 3.8) is 0 Å².